The fourth-order valence-corrected chi connectivity index (χ4v) is 1.70. The van der Waals surface area contributed by atoms with Gasteiger partial charge in [-0.3, -0.25) is 10.00 Å². The Morgan fingerprint density at radius 1 is 1.40 bits per heavy atom. The van der Waals surface area contributed by atoms with Crippen LogP contribution in [-0.2, 0) is 6.54 Å². The van der Waals surface area contributed by atoms with E-state index in [1.54, 1.807) is 0 Å². The van der Waals surface area contributed by atoms with Crippen LogP contribution in [0.5, 0.6) is 0 Å². The monoisotopic (exact) mass is 204 g/mol. The van der Waals surface area contributed by atoms with Crippen LogP contribution in [0.15, 0.2) is 24.3 Å². The summed E-state index contributed by atoms with van der Waals surface area (Å²) in [6, 6.07) is 8.13. The second kappa shape index (κ2) is 4.42. The van der Waals surface area contributed by atoms with Gasteiger partial charge in [-0.2, -0.15) is 5.10 Å². The van der Waals surface area contributed by atoms with Crippen LogP contribution in [0.3, 0.4) is 0 Å². The molecule has 0 spiro atoms. The van der Waals surface area contributed by atoms with Gasteiger partial charge in [-0.25, -0.2) is 0 Å². The number of aromatic nitrogens is 2. The molecule has 0 atom stereocenters. The standard InChI is InChI=1S/C11H16N4/c1-15(7-6-12)8-11-9-4-2-3-5-10(9)13-14-11/h2-5H,6-8,12H2,1H3,(H,13,14). The number of nitrogens with two attached hydrogens (primary N) is 1. The molecular weight excluding hydrogens is 188 g/mol. The van der Waals surface area contributed by atoms with Crippen molar-refractivity contribution in [2.45, 2.75) is 6.54 Å². The first-order valence-corrected chi connectivity index (χ1v) is 5.12. The first-order valence-electron chi connectivity index (χ1n) is 5.12. The third kappa shape index (κ3) is 2.16. The van der Waals surface area contributed by atoms with Gasteiger partial charge < -0.3 is 5.73 Å². The van der Waals surface area contributed by atoms with Crippen LogP contribution in [0.4, 0.5) is 0 Å². The van der Waals surface area contributed by atoms with Crippen molar-refractivity contribution in [1.29, 1.82) is 0 Å². The zero-order valence-electron chi connectivity index (χ0n) is 8.90. The SMILES string of the molecule is CN(CCN)Cc1[nH]nc2ccccc12. The molecule has 0 aliphatic carbocycles. The predicted molar refractivity (Wildman–Crippen MR) is 61.5 cm³/mol. The minimum absolute atomic E-state index is 0.683. The third-order valence-electron chi connectivity index (χ3n) is 2.48. The Labute approximate surface area is 89.1 Å². The summed E-state index contributed by atoms with van der Waals surface area (Å²) >= 11 is 0. The van der Waals surface area contributed by atoms with Crippen LogP contribution in [0.2, 0.25) is 0 Å². The number of nitrogens with one attached hydrogen (secondary N) is 1. The summed E-state index contributed by atoms with van der Waals surface area (Å²) in [5, 5.41) is 8.52. The van der Waals surface area contributed by atoms with Gasteiger partial charge >= 0.3 is 0 Å². The molecule has 2 aromatic rings. The molecule has 80 valence electrons. The average Bonchev–Trinajstić information content (AvgIpc) is 2.62. The van der Waals surface area contributed by atoms with Gasteiger partial charge in [-0.05, 0) is 13.1 Å². The van der Waals surface area contributed by atoms with Gasteiger partial charge in [0.2, 0.25) is 0 Å². The first-order chi connectivity index (χ1) is 7.31. The Balaban J connectivity index is 2.21. The van der Waals surface area contributed by atoms with E-state index in [2.05, 4.69) is 28.2 Å². The van der Waals surface area contributed by atoms with Crippen molar-refractivity contribution in [3.63, 3.8) is 0 Å². The summed E-state index contributed by atoms with van der Waals surface area (Å²) in [6.45, 7) is 2.44. The molecule has 2 rings (SSSR count). The van der Waals surface area contributed by atoms with Gasteiger partial charge in [0, 0.05) is 25.0 Å². The van der Waals surface area contributed by atoms with Crippen molar-refractivity contribution >= 4 is 10.9 Å². The minimum atomic E-state index is 0.683. The van der Waals surface area contributed by atoms with E-state index in [-0.39, 0.29) is 0 Å². The molecule has 4 nitrogen and oxygen atoms in total. The quantitative estimate of drug-likeness (QED) is 0.779. The molecule has 1 heterocycles. The maximum atomic E-state index is 5.50. The molecule has 0 aliphatic rings. The van der Waals surface area contributed by atoms with Gasteiger partial charge in [-0.1, -0.05) is 18.2 Å². The lowest BCUT2D eigenvalue weighted by Gasteiger charge is -2.13. The number of para-hydroxylation sites is 1. The highest BCUT2D eigenvalue weighted by atomic mass is 15.2. The summed E-state index contributed by atoms with van der Waals surface area (Å²) in [4.78, 5) is 2.18. The summed E-state index contributed by atoms with van der Waals surface area (Å²) in [5.74, 6) is 0. The minimum Gasteiger partial charge on any atom is -0.329 e. The molecule has 0 radical (unpaired) electrons. The highest BCUT2D eigenvalue weighted by Crippen LogP contribution is 2.15. The van der Waals surface area contributed by atoms with Crippen molar-refractivity contribution in [2.75, 3.05) is 20.1 Å². The molecule has 0 aliphatic heterocycles. The number of hydrogen-bond acceptors (Lipinski definition) is 3. The summed E-state index contributed by atoms with van der Waals surface area (Å²) < 4.78 is 0. The van der Waals surface area contributed by atoms with Crippen LogP contribution in [0, 0.1) is 0 Å². The van der Waals surface area contributed by atoms with Crippen molar-refractivity contribution in [3.8, 4) is 0 Å². The molecule has 0 bridgehead atoms. The maximum Gasteiger partial charge on any atom is 0.0924 e. The first kappa shape index (κ1) is 10.1. The van der Waals surface area contributed by atoms with Crippen LogP contribution in [0.25, 0.3) is 10.9 Å². The normalized spacial score (nSPS) is 11.4. The summed E-state index contributed by atoms with van der Waals surface area (Å²) in [7, 11) is 2.06. The lowest BCUT2D eigenvalue weighted by atomic mass is 10.2. The largest absolute Gasteiger partial charge is 0.329 e. The Kier molecular flexibility index (Phi) is 2.99. The Bertz CT molecular complexity index is 435. The molecule has 0 fully saturated rings. The van der Waals surface area contributed by atoms with Gasteiger partial charge in [0.25, 0.3) is 0 Å². The van der Waals surface area contributed by atoms with Crippen LogP contribution >= 0.6 is 0 Å². The highest BCUT2D eigenvalue weighted by molar-refractivity contribution is 5.81. The number of hydrogen-bond donors (Lipinski definition) is 2. The van der Waals surface area contributed by atoms with Gasteiger partial charge in [0.15, 0.2) is 0 Å². The van der Waals surface area contributed by atoms with Crippen molar-refractivity contribution in [3.05, 3.63) is 30.0 Å². The fourth-order valence-electron chi connectivity index (χ4n) is 1.70. The summed E-state index contributed by atoms with van der Waals surface area (Å²) in [5.41, 5.74) is 7.68. The molecule has 0 amide bonds. The summed E-state index contributed by atoms with van der Waals surface area (Å²) in [6.07, 6.45) is 0. The lowest BCUT2D eigenvalue weighted by molar-refractivity contribution is 0.333. The molecule has 3 N–H and O–H groups in total. The number of aromatic amines is 1. The van der Waals surface area contributed by atoms with Gasteiger partial charge in [-0.15, -0.1) is 0 Å². The van der Waals surface area contributed by atoms with E-state index in [4.69, 9.17) is 5.73 Å². The Morgan fingerprint density at radius 2 is 2.20 bits per heavy atom. The molecule has 4 heteroatoms. The van der Waals surface area contributed by atoms with E-state index in [0.29, 0.717) is 6.54 Å². The highest BCUT2D eigenvalue weighted by Gasteiger charge is 2.06. The third-order valence-corrected chi connectivity index (χ3v) is 2.48. The van der Waals surface area contributed by atoms with Gasteiger partial charge in [0.1, 0.15) is 0 Å². The van der Waals surface area contributed by atoms with Crippen molar-refractivity contribution < 1.29 is 0 Å². The Hall–Kier alpha value is -1.39. The molecule has 0 saturated carbocycles. The average molecular weight is 204 g/mol. The second-order valence-corrected chi connectivity index (χ2v) is 3.75. The van der Waals surface area contributed by atoms with E-state index in [9.17, 15) is 0 Å². The molecular formula is C11H16N4. The lowest BCUT2D eigenvalue weighted by Crippen LogP contribution is -2.25. The van der Waals surface area contributed by atoms with Crippen molar-refractivity contribution in [1.82, 2.24) is 15.1 Å². The number of benzene rings is 1. The van der Waals surface area contributed by atoms with E-state index < -0.39 is 0 Å². The fraction of sp³-hybridized carbons (Fsp3) is 0.364. The smallest absolute Gasteiger partial charge is 0.0924 e. The topological polar surface area (TPSA) is 57.9 Å². The van der Waals surface area contributed by atoms with E-state index in [1.165, 1.54) is 5.39 Å². The second-order valence-electron chi connectivity index (χ2n) is 3.75. The number of rotatable bonds is 4. The zero-order chi connectivity index (χ0) is 10.7. The van der Waals surface area contributed by atoms with Crippen molar-refractivity contribution in [2.24, 2.45) is 5.73 Å². The van der Waals surface area contributed by atoms with E-state index in [1.807, 2.05) is 18.2 Å². The predicted octanol–water partition coefficient (Wildman–Crippen LogP) is 0.953. The number of H-pyrrole nitrogens is 1. The molecule has 1 aromatic heterocycles. The van der Waals surface area contributed by atoms with E-state index in [0.717, 1.165) is 24.3 Å². The zero-order valence-corrected chi connectivity index (χ0v) is 8.90. The molecule has 15 heavy (non-hydrogen) atoms. The van der Waals surface area contributed by atoms with Crippen LogP contribution in [0.1, 0.15) is 5.69 Å². The molecule has 0 saturated heterocycles. The van der Waals surface area contributed by atoms with Crippen LogP contribution < -0.4 is 5.73 Å². The number of nitrogens with zero attached hydrogens (tertiary/aromatic N) is 2. The Morgan fingerprint density at radius 3 is 3.00 bits per heavy atom. The van der Waals surface area contributed by atoms with Gasteiger partial charge in [0.05, 0.1) is 11.2 Å². The number of fused-ring (bicyclic) bond motifs is 1. The maximum absolute atomic E-state index is 5.50. The number of likely N-dealkylation sites (N-methyl/N-ethyl adjacent to an activating group) is 1. The molecule has 1 aromatic carbocycles. The molecule has 0 unspecified atom stereocenters. The van der Waals surface area contributed by atoms with E-state index >= 15 is 0 Å². The van der Waals surface area contributed by atoms with Crippen LogP contribution in [-0.4, -0.2) is 35.2 Å².